The molecule has 1 amide bonds. The van der Waals surface area contributed by atoms with Gasteiger partial charge in [-0.2, -0.15) is 0 Å². The third-order valence-electron chi connectivity index (χ3n) is 7.73. The Labute approximate surface area is 220 Å². The second-order valence-electron chi connectivity index (χ2n) is 10.5. The highest BCUT2D eigenvalue weighted by atomic mass is 19.1. The zero-order chi connectivity index (χ0) is 25.8. The van der Waals surface area contributed by atoms with Gasteiger partial charge in [-0.1, -0.05) is 69.2 Å². The van der Waals surface area contributed by atoms with Gasteiger partial charge in [0, 0.05) is 38.2 Å². The van der Waals surface area contributed by atoms with Crippen LogP contribution < -0.4 is 4.90 Å². The van der Waals surface area contributed by atoms with Crippen molar-refractivity contribution in [1.29, 1.82) is 0 Å². The smallest absolute Gasteiger partial charge is 0.415 e. The highest BCUT2D eigenvalue weighted by molar-refractivity contribution is 5.90. The number of benzene rings is 3. The zero-order valence-electron chi connectivity index (χ0n) is 22.0. The fourth-order valence-corrected chi connectivity index (χ4v) is 5.95. The molecule has 0 N–H and O–H groups in total. The summed E-state index contributed by atoms with van der Waals surface area (Å²) in [5.74, 6) is -0.188. The number of hydrogen-bond acceptors (Lipinski definition) is 3. The van der Waals surface area contributed by atoms with Crippen LogP contribution in [0.3, 0.4) is 0 Å². The Morgan fingerprint density at radius 3 is 2.19 bits per heavy atom. The molecular weight excluding hydrogens is 463 g/mol. The lowest BCUT2D eigenvalue weighted by Crippen LogP contribution is -2.46. The van der Waals surface area contributed by atoms with E-state index in [4.69, 9.17) is 4.74 Å². The molecule has 5 rings (SSSR count). The molecule has 0 aromatic heterocycles. The van der Waals surface area contributed by atoms with E-state index >= 15 is 0 Å². The number of carbonyl (C=O) groups excluding carboxylic acids is 1. The first-order valence-corrected chi connectivity index (χ1v) is 13.7. The van der Waals surface area contributed by atoms with E-state index in [1.807, 2.05) is 42.5 Å². The normalized spacial score (nSPS) is 17.4. The molecule has 0 radical (unpaired) electrons. The highest BCUT2D eigenvalue weighted by Crippen LogP contribution is 2.37. The molecule has 0 atom stereocenters. The van der Waals surface area contributed by atoms with E-state index in [1.54, 1.807) is 11.0 Å². The van der Waals surface area contributed by atoms with Crippen molar-refractivity contribution in [2.45, 2.75) is 64.5 Å². The number of amides is 1. The molecule has 3 aromatic rings. The number of para-hydroxylation sites is 1. The van der Waals surface area contributed by atoms with E-state index in [-0.39, 0.29) is 11.9 Å². The fraction of sp³-hybridized carbons (Fsp3) is 0.406. The van der Waals surface area contributed by atoms with Gasteiger partial charge in [0.1, 0.15) is 11.4 Å². The first-order valence-electron chi connectivity index (χ1n) is 13.7. The topological polar surface area (TPSA) is 32.8 Å². The van der Waals surface area contributed by atoms with Crippen LogP contribution >= 0.6 is 0 Å². The van der Waals surface area contributed by atoms with Gasteiger partial charge in [0.15, 0.2) is 0 Å². The van der Waals surface area contributed by atoms with Crippen LogP contribution in [0.4, 0.5) is 14.9 Å². The lowest BCUT2D eigenvalue weighted by atomic mass is 9.87. The first-order chi connectivity index (χ1) is 18.0. The average molecular weight is 501 g/mol. The van der Waals surface area contributed by atoms with E-state index in [0.29, 0.717) is 6.54 Å². The predicted molar refractivity (Wildman–Crippen MR) is 147 cm³/mol. The Hall–Kier alpha value is -3.18. The Kier molecular flexibility index (Phi) is 7.61. The van der Waals surface area contributed by atoms with Gasteiger partial charge in [-0.25, -0.2) is 9.18 Å². The minimum atomic E-state index is -0.397. The van der Waals surface area contributed by atoms with Crippen molar-refractivity contribution in [3.63, 3.8) is 0 Å². The number of aryl methyl sites for hydroxylation is 2. The minimum Gasteiger partial charge on any atom is -0.441 e. The summed E-state index contributed by atoms with van der Waals surface area (Å²) < 4.78 is 20.1. The molecule has 0 aliphatic carbocycles. The molecule has 0 bridgehead atoms. The molecule has 2 saturated heterocycles. The monoisotopic (exact) mass is 500 g/mol. The van der Waals surface area contributed by atoms with E-state index in [1.165, 1.54) is 28.3 Å². The van der Waals surface area contributed by atoms with Crippen molar-refractivity contribution < 1.29 is 13.9 Å². The first kappa shape index (κ1) is 25.5. The van der Waals surface area contributed by atoms with E-state index in [9.17, 15) is 9.18 Å². The summed E-state index contributed by atoms with van der Waals surface area (Å²) in [5, 5.41) is 0. The lowest BCUT2D eigenvalue weighted by Gasteiger charge is -2.37. The van der Waals surface area contributed by atoms with Crippen molar-refractivity contribution in [2.75, 3.05) is 24.5 Å². The number of carbonyl (C=O) groups is 1. The maximum absolute atomic E-state index is 14.1. The summed E-state index contributed by atoms with van der Waals surface area (Å²) in [6.07, 6.45) is 5.50. The number of rotatable bonds is 8. The number of anilines is 1. The second-order valence-corrected chi connectivity index (χ2v) is 10.5. The van der Waals surface area contributed by atoms with Crippen LogP contribution in [-0.4, -0.2) is 36.2 Å². The molecule has 4 nitrogen and oxygen atoms in total. The molecule has 2 fully saturated rings. The SMILES string of the molecule is CCCc1cc(CN2CCC3(CC2)CN(c2ccccc2)C(=O)O3)cc(CCC)c1-c1cccc(F)c1. The largest absolute Gasteiger partial charge is 0.441 e. The van der Waals surface area contributed by atoms with Gasteiger partial charge in [0.2, 0.25) is 0 Å². The van der Waals surface area contributed by atoms with Gasteiger partial charge in [0.25, 0.3) is 0 Å². The number of halogens is 1. The number of piperidine rings is 1. The van der Waals surface area contributed by atoms with Crippen molar-refractivity contribution in [3.8, 4) is 11.1 Å². The summed E-state index contributed by atoms with van der Waals surface area (Å²) >= 11 is 0. The quantitative estimate of drug-likeness (QED) is 0.323. The van der Waals surface area contributed by atoms with Gasteiger partial charge in [-0.05, 0) is 64.9 Å². The summed E-state index contributed by atoms with van der Waals surface area (Å²) in [6, 6.07) is 21.5. The zero-order valence-corrected chi connectivity index (χ0v) is 22.0. The third-order valence-corrected chi connectivity index (χ3v) is 7.73. The van der Waals surface area contributed by atoms with Crippen molar-refractivity contribution in [1.82, 2.24) is 4.90 Å². The van der Waals surface area contributed by atoms with Gasteiger partial charge >= 0.3 is 6.09 Å². The highest BCUT2D eigenvalue weighted by Gasteiger charge is 2.47. The molecule has 2 heterocycles. The van der Waals surface area contributed by atoms with E-state index in [0.717, 1.165) is 69.4 Å². The van der Waals surface area contributed by atoms with Crippen LogP contribution in [0.25, 0.3) is 11.1 Å². The Balaban J connectivity index is 1.32. The van der Waals surface area contributed by atoms with Crippen molar-refractivity contribution in [2.24, 2.45) is 0 Å². The molecular formula is C32H37FN2O2. The van der Waals surface area contributed by atoms with Crippen LogP contribution in [0.2, 0.25) is 0 Å². The summed E-state index contributed by atoms with van der Waals surface area (Å²) in [6.45, 7) is 7.69. The molecule has 2 aliphatic rings. The van der Waals surface area contributed by atoms with Crippen molar-refractivity contribution >= 4 is 11.8 Å². The standard InChI is InChI=1S/C32H37FN2O2/c1-3-9-25-19-24(20-26(10-4-2)30(25)27-11-8-12-28(33)21-27)22-34-17-15-32(16-18-34)23-35(31(36)37-32)29-13-6-5-7-14-29/h5-8,11-14,19-21H,3-4,9-10,15-18,22-23H2,1-2H3. The molecule has 37 heavy (non-hydrogen) atoms. The van der Waals surface area contributed by atoms with Crippen molar-refractivity contribution in [3.05, 3.63) is 89.2 Å². The Bertz CT molecular complexity index is 1210. The Morgan fingerprint density at radius 1 is 0.892 bits per heavy atom. The fourth-order valence-electron chi connectivity index (χ4n) is 5.95. The molecule has 0 unspecified atom stereocenters. The maximum atomic E-state index is 14.1. The molecule has 194 valence electrons. The number of nitrogens with zero attached hydrogens (tertiary/aromatic N) is 2. The number of ether oxygens (including phenoxy) is 1. The van der Waals surface area contributed by atoms with Gasteiger partial charge in [0.05, 0.1) is 6.54 Å². The lowest BCUT2D eigenvalue weighted by molar-refractivity contribution is -0.000981. The maximum Gasteiger partial charge on any atom is 0.415 e. The van der Waals surface area contributed by atoms with Crippen LogP contribution in [-0.2, 0) is 24.1 Å². The molecule has 2 aliphatic heterocycles. The van der Waals surface area contributed by atoms with Crippen LogP contribution in [0.1, 0.15) is 56.2 Å². The van der Waals surface area contributed by atoms with Gasteiger partial charge in [-0.15, -0.1) is 0 Å². The number of likely N-dealkylation sites (tertiary alicyclic amines) is 1. The van der Waals surface area contributed by atoms with Crippen LogP contribution in [0.5, 0.6) is 0 Å². The molecule has 3 aromatic carbocycles. The minimum absolute atomic E-state index is 0.188. The van der Waals surface area contributed by atoms with E-state index in [2.05, 4.69) is 30.9 Å². The summed E-state index contributed by atoms with van der Waals surface area (Å²) in [4.78, 5) is 16.9. The average Bonchev–Trinajstić information content (AvgIpc) is 3.22. The Morgan fingerprint density at radius 2 is 1.57 bits per heavy atom. The molecule has 1 spiro atoms. The second kappa shape index (κ2) is 11.1. The summed E-state index contributed by atoms with van der Waals surface area (Å²) in [7, 11) is 0. The van der Waals surface area contributed by atoms with Gasteiger partial charge < -0.3 is 4.74 Å². The number of hydrogen-bond donors (Lipinski definition) is 0. The predicted octanol–water partition coefficient (Wildman–Crippen LogP) is 7.39. The molecule has 0 saturated carbocycles. The van der Waals surface area contributed by atoms with Crippen LogP contribution in [0.15, 0.2) is 66.7 Å². The molecule has 5 heteroatoms. The third kappa shape index (κ3) is 5.57. The van der Waals surface area contributed by atoms with Gasteiger partial charge in [-0.3, -0.25) is 9.80 Å². The summed E-state index contributed by atoms with van der Waals surface area (Å²) in [5.41, 5.74) is 6.63. The van der Waals surface area contributed by atoms with E-state index < -0.39 is 5.60 Å². The van der Waals surface area contributed by atoms with Crippen LogP contribution in [0, 0.1) is 5.82 Å².